The maximum absolute atomic E-state index is 13.2. The molecular weight excluding hydrogens is 933 g/mol. The molecule has 0 radical (unpaired) electrons. The Bertz CT molecular complexity index is 1130. The normalized spacial score (nSPS) is 19.3. The van der Waals surface area contributed by atoms with E-state index in [9.17, 15) is 30.0 Å². The van der Waals surface area contributed by atoms with E-state index in [1.807, 2.05) is 0 Å². The van der Waals surface area contributed by atoms with Crippen LogP contribution in [0, 0.1) is 0 Å². The summed E-state index contributed by atoms with van der Waals surface area (Å²) in [5.74, 6) is -0.671. The quantitative estimate of drug-likeness (QED) is 0.0338. The summed E-state index contributed by atoms with van der Waals surface area (Å²) in [6, 6.07) is 0. The number of aliphatic hydroxyl groups is 4. The van der Waals surface area contributed by atoms with E-state index in [0.717, 1.165) is 77.0 Å². The molecule has 0 saturated carbocycles. The van der Waals surface area contributed by atoms with Crippen LogP contribution < -0.4 is 0 Å². The van der Waals surface area contributed by atoms with Gasteiger partial charge in [-0.1, -0.05) is 233 Å². The van der Waals surface area contributed by atoms with Gasteiger partial charge in [-0.15, -0.1) is 0 Å². The van der Waals surface area contributed by atoms with Crippen LogP contribution in [0.3, 0.4) is 0 Å². The monoisotopic (exact) mass is 1050 g/mol. The number of fused-ring (bicyclic) bond motifs is 1. The molecule has 0 aliphatic carbocycles. The van der Waals surface area contributed by atoms with Crippen molar-refractivity contribution in [3.05, 3.63) is 0 Å². The highest BCUT2D eigenvalue weighted by Crippen LogP contribution is 2.31. The maximum Gasteiger partial charge on any atom is 0.306 e. The Morgan fingerprint density at radius 2 is 0.608 bits per heavy atom. The van der Waals surface area contributed by atoms with Gasteiger partial charge in [0.25, 0.3) is 0 Å². The van der Waals surface area contributed by atoms with Crippen molar-refractivity contribution in [2.24, 2.45) is 0 Å². The van der Waals surface area contributed by atoms with Crippen molar-refractivity contribution in [3.8, 4) is 0 Å². The molecule has 8 atom stereocenters. The van der Waals surface area contributed by atoms with Gasteiger partial charge in [-0.3, -0.25) is 19.4 Å². The van der Waals surface area contributed by atoms with Crippen LogP contribution in [0.25, 0.3) is 0 Å². The summed E-state index contributed by atoms with van der Waals surface area (Å²) in [7, 11) is 0. The first-order valence-electron chi connectivity index (χ1n) is 31.9. The van der Waals surface area contributed by atoms with Crippen molar-refractivity contribution in [3.63, 3.8) is 0 Å². The lowest BCUT2D eigenvalue weighted by Crippen LogP contribution is -2.39. The van der Waals surface area contributed by atoms with Crippen LogP contribution in [-0.4, -0.2) is 143 Å². The molecule has 12 heteroatoms. The van der Waals surface area contributed by atoms with Gasteiger partial charge in [-0.25, -0.2) is 0 Å². The topological polar surface area (TPSA) is 158 Å². The molecule has 74 heavy (non-hydrogen) atoms. The van der Waals surface area contributed by atoms with Crippen molar-refractivity contribution in [2.45, 2.75) is 333 Å². The number of hydrogen-bond donors (Lipinski definition) is 4. The van der Waals surface area contributed by atoms with E-state index >= 15 is 0 Å². The third kappa shape index (κ3) is 36.7. The summed E-state index contributed by atoms with van der Waals surface area (Å²) in [6.45, 7) is 12.4. The molecule has 4 N–H and O–H groups in total. The number of aliphatic hydroxyl groups excluding tert-OH is 4. The van der Waals surface area contributed by atoms with Gasteiger partial charge >= 0.3 is 11.9 Å². The minimum atomic E-state index is -0.586. The summed E-state index contributed by atoms with van der Waals surface area (Å²) in [5.41, 5.74) is 0. The number of rotatable bonds is 54. The molecule has 2 aliphatic rings. The summed E-state index contributed by atoms with van der Waals surface area (Å²) in [6.07, 6.45) is 39.5. The minimum absolute atomic E-state index is 0.175. The van der Waals surface area contributed by atoms with Crippen LogP contribution >= 0.6 is 0 Å². The zero-order chi connectivity index (χ0) is 53.7. The fourth-order valence-electron chi connectivity index (χ4n) is 11.1. The summed E-state index contributed by atoms with van der Waals surface area (Å²) in [4.78, 5) is 30.7. The van der Waals surface area contributed by atoms with E-state index in [2.05, 4.69) is 37.5 Å². The van der Waals surface area contributed by atoms with Crippen molar-refractivity contribution < 1.29 is 49.0 Å². The second-order valence-electron chi connectivity index (χ2n) is 23.0. The van der Waals surface area contributed by atoms with E-state index in [4.69, 9.17) is 18.9 Å². The molecular formula is C62H120N2O10. The Labute approximate surface area is 454 Å². The molecule has 12 nitrogen and oxygen atoms in total. The van der Waals surface area contributed by atoms with Crippen LogP contribution in [0.5, 0.6) is 0 Å². The lowest BCUT2D eigenvalue weighted by molar-refractivity contribution is -0.155. The van der Waals surface area contributed by atoms with Gasteiger partial charge in [0.1, 0.15) is 12.2 Å². The third-order valence-corrected chi connectivity index (χ3v) is 15.7. The molecule has 0 spiro atoms. The molecule has 0 amide bonds. The minimum Gasteiger partial charge on any atom is -0.457 e. The van der Waals surface area contributed by atoms with Gasteiger partial charge in [0, 0.05) is 39.0 Å². The molecule has 5 unspecified atom stereocenters. The zero-order valence-corrected chi connectivity index (χ0v) is 48.7. The highest BCUT2D eigenvalue weighted by Gasteiger charge is 2.51. The molecule has 2 aliphatic heterocycles. The molecule has 2 fully saturated rings. The smallest absolute Gasteiger partial charge is 0.306 e. The van der Waals surface area contributed by atoms with E-state index < -0.39 is 48.8 Å². The maximum atomic E-state index is 13.2. The van der Waals surface area contributed by atoms with Gasteiger partial charge in [-0.2, -0.15) is 0 Å². The van der Waals surface area contributed by atoms with Crippen LogP contribution in [0.1, 0.15) is 285 Å². The molecule has 0 aromatic carbocycles. The molecule has 0 bridgehead atoms. The number of unbranched alkanes of at least 4 members (excludes halogenated alkanes) is 28. The number of ether oxygens (including phenoxy) is 4. The van der Waals surface area contributed by atoms with E-state index in [0.29, 0.717) is 52.1 Å². The lowest BCUT2D eigenvalue weighted by atomic mass is 10.0. The number of hydrogen-bond acceptors (Lipinski definition) is 12. The molecule has 0 aromatic heterocycles. The SMILES string of the molecule is CCCCCCCCCCC(O)CN(CCCC(=O)O[C@H]1COC2[C@H](OC(=O)CCCN(CC(O)CCCCCCCCCC)CC(O)CCCCCCCCCC)CO[C@@H]21)CC(O)CCCCCCCCCC. The van der Waals surface area contributed by atoms with Crippen molar-refractivity contribution in [2.75, 3.05) is 52.5 Å². The van der Waals surface area contributed by atoms with Gasteiger partial charge in [-0.05, 0) is 51.6 Å². The van der Waals surface area contributed by atoms with Gasteiger partial charge in [0.15, 0.2) is 12.2 Å². The van der Waals surface area contributed by atoms with Crippen LogP contribution in [0.15, 0.2) is 0 Å². The Hall–Kier alpha value is -1.38. The zero-order valence-electron chi connectivity index (χ0n) is 48.7. The third-order valence-electron chi connectivity index (χ3n) is 15.7. The Kier molecular flexibility index (Phi) is 44.2. The molecule has 2 saturated heterocycles. The summed E-state index contributed by atoms with van der Waals surface area (Å²) in [5, 5.41) is 44.2. The van der Waals surface area contributed by atoms with Gasteiger partial charge in [0.2, 0.25) is 0 Å². The number of carbonyl (C=O) groups is 2. The second-order valence-corrected chi connectivity index (χ2v) is 23.0. The summed E-state index contributed by atoms with van der Waals surface area (Å²) < 4.78 is 23.9. The van der Waals surface area contributed by atoms with Crippen molar-refractivity contribution in [1.82, 2.24) is 9.80 Å². The summed E-state index contributed by atoms with van der Waals surface area (Å²) >= 11 is 0. The molecule has 2 heterocycles. The fourth-order valence-corrected chi connectivity index (χ4v) is 11.1. The van der Waals surface area contributed by atoms with Crippen LogP contribution in [-0.2, 0) is 28.5 Å². The Morgan fingerprint density at radius 1 is 0.378 bits per heavy atom. The molecule has 2 rings (SSSR count). The fraction of sp³-hybridized carbons (Fsp3) is 0.968. The number of nitrogens with zero attached hydrogens (tertiary/aromatic N) is 2. The van der Waals surface area contributed by atoms with Gasteiger partial charge < -0.3 is 39.4 Å². The predicted octanol–water partition coefficient (Wildman–Crippen LogP) is 13.3. The van der Waals surface area contributed by atoms with E-state index in [-0.39, 0.29) is 38.0 Å². The van der Waals surface area contributed by atoms with Gasteiger partial charge in [0.05, 0.1) is 37.6 Å². The first kappa shape index (κ1) is 68.7. The molecule has 0 aromatic rings. The van der Waals surface area contributed by atoms with E-state index in [1.165, 1.54) is 154 Å². The van der Waals surface area contributed by atoms with Crippen LogP contribution in [0.2, 0.25) is 0 Å². The first-order valence-corrected chi connectivity index (χ1v) is 31.9. The van der Waals surface area contributed by atoms with Crippen molar-refractivity contribution in [1.29, 1.82) is 0 Å². The Balaban J connectivity index is 1.81. The van der Waals surface area contributed by atoms with Crippen molar-refractivity contribution >= 4 is 11.9 Å². The predicted molar refractivity (Wildman–Crippen MR) is 304 cm³/mol. The average Bonchev–Trinajstić information content (AvgIpc) is 3.97. The Morgan fingerprint density at radius 3 is 0.851 bits per heavy atom. The highest BCUT2D eigenvalue weighted by atomic mass is 16.7. The number of esters is 2. The first-order chi connectivity index (χ1) is 36.1. The standard InChI is InChI=1S/C62H120N2O10/c1-5-9-13-17-21-25-29-33-39-53(65)47-63(48-54(66)40-34-30-26-22-18-14-10-6-2)45-37-43-59(69)73-57-51-71-62-58(52-72-61(57)62)74-60(70)44-38-46-64(49-55(67)41-35-31-27-23-19-15-11-7-3)50-56(68)42-36-32-28-24-20-16-12-8-4/h53-58,61-62,65-68H,5-52H2,1-4H3/t53?,54?,55?,56?,57-,58+,61+,62?/m0/s1. The van der Waals surface area contributed by atoms with Crippen LogP contribution in [0.4, 0.5) is 0 Å². The lowest BCUT2D eigenvalue weighted by Gasteiger charge is -2.27. The second kappa shape index (κ2) is 47.6. The highest BCUT2D eigenvalue weighted by molar-refractivity contribution is 5.70. The average molecular weight is 1050 g/mol. The number of carbonyl (C=O) groups excluding carboxylic acids is 2. The largest absolute Gasteiger partial charge is 0.457 e. The van der Waals surface area contributed by atoms with E-state index in [1.54, 1.807) is 0 Å². The molecule has 438 valence electrons.